The molecular formula is C27H38N2O3. The molecule has 1 aromatic rings. The van der Waals surface area contributed by atoms with Gasteiger partial charge in [0.2, 0.25) is 5.91 Å². The quantitative estimate of drug-likeness (QED) is 0.276. The number of ketones is 1. The average molecular weight is 439 g/mol. The molecule has 0 saturated carbocycles. The number of benzene rings is 1. The van der Waals surface area contributed by atoms with Gasteiger partial charge in [-0.05, 0) is 86.9 Å². The Hall–Kier alpha value is -2.40. The van der Waals surface area contributed by atoms with Crippen molar-refractivity contribution in [1.29, 1.82) is 0 Å². The predicted octanol–water partition coefficient (Wildman–Crippen LogP) is 4.67. The summed E-state index contributed by atoms with van der Waals surface area (Å²) < 4.78 is 5.48. The summed E-state index contributed by atoms with van der Waals surface area (Å²) in [6.45, 7) is 6.85. The number of ether oxygens (including phenoxy) is 1. The second-order valence-corrected chi connectivity index (χ2v) is 8.79. The van der Waals surface area contributed by atoms with E-state index in [1.54, 1.807) is 7.11 Å². The maximum absolute atomic E-state index is 12.5. The zero-order valence-corrected chi connectivity index (χ0v) is 20.0. The summed E-state index contributed by atoms with van der Waals surface area (Å²) in [5, 5.41) is 3.49. The molecule has 32 heavy (non-hydrogen) atoms. The van der Waals surface area contributed by atoms with Crippen molar-refractivity contribution in [2.75, 3.05) is 31.6 Å². The predicted molar refractivity (Wildman–Crippen MR) is 130 cm³/mol. The molecule has 0 radical (unpaired) electrons. The molecule has 5 nitrogen and oxygen atoms in total. The molecule has 2 aliphatic heterocycles. The van der Waals surface area contributed by atoms with Crippen LogP contribution in [0.15, 0.2) is 35.6 Å². The van der Waals surface area contributed by atoms with E-state index in [4.69, 9.17) is 4.74 Å². The number of allylic oxidation sites excluding steroid dienone is 2. The third kappa shape index (κ3) is 6.10. The molecular weight excluding hydrogens is 400 g/mol. The lowest BCUT2D eigenvalue weighted by atomic mass is 9.94. The van der Waals surface area contributed by atoms with Crippen molar-refractivity contribution < 1.29 is 14.3 Å². The molecule has 1 aromatic carbocycles. The molecule has 1 amide bonds. The van der Waals surface area contributed by atoms with Gasteiger partial charge in [0.1, 0.15) is 11.5 Å². The van der Waals surface area contributed by atoms with Crippen molar-refractivity contribution in [3.05, 3.63) is 52.3 Å². The summed E-state index contributed by atoms with van der Waals surface area (Å²) in [5.41, 5.74) is 5.90. The van der Waals surface area contributed by atoms with E-state index in [1.807, 2.05) is 24.0 Å². The van der Waals surface area contributed by atoms with E-state index in [-0.39, 0.29) is 5.91 Å². The number of hydrogen-bond donors (Lipinski definition) is 1. The number of carbonyl (C=O) groups is 2. The van der Waals surface area contributed by atoms with Crippen LogP contribution in [-0.2, 0) is 33.6 Å². The van der Waals surface area contributed by atoms with Crippen molar-refractivity contribution in [1.82, 2.24) is 5.32 Å². The van der Waals surface area contributed by atoms with E-state index < -0.39 is 0 Å². The summed E-state index contributed by atoms with van der Waals surface area (Å²) in [5.74, 6) is 1.47. The van der Waals surface area contributed by atoms with Gasteiger partial charge in [-0.3, -0.25) is 9.59 Å². The van der Waals surface area contributed by atoms with E-state index in [1.165, 1.54) is 11.1 Å². The van der Waals surface area contributed by atoms with Crippen LogP contribution in [0.2, 0.25) is 0 Å². The van der Waals surface area contributed by atoms with Gasteiger partial charge in [-0.1, -0.05) is 25.1 Å². The van der Waals surface area contributed by atoms with E-state index in [9.17, 15) is 9.59 Å². The van der Waals surface area contributed by atoms with Gasteiger partial charge < -0.3 is 15.0 Å². The lowest BCUT2D eigenvalue weighted by molar-refractivity contribution is -0.118. The highest BCUT2D eigenvalue weighted by molar-refractivity contribution is 6.03. The van der Waals surface area contributed by atoms with Gasteiger partial charge in [-0.25, -0.2) is 0 Å². The van der Waals surface area contributed by atoms with E-state index >= 15 is 0 Å². The number of nitrogens with zero attached hydrogens (tertiary/aromatic N) is 1. The smallest absolute Gasteiger partial charge is 0.231 e. The van der Waals surface area contributed by atoms with Crippen LogP contribution >= 0.6 is 0 Å². The molecule has 0 aliphatic carbocycles. The second-order valence-electron chi connectivity index (χ2n) is 8.79. The molecule has 174 valence electrons. The molecule has 2 heterocycles. The lowest BCUT2D eigenvalue weighted by Crippen LogP contribution is -2.31. The first-order chi connectivity index (χ1) is 15.6. The Morgan fingerprint density at radius 3 is 2.75 bits per heavy atom. The third-order valence-corrected chi connectivity index (χ3v) is 6.45. The minimum absolute atomic E-state index is 0.207. The molecule has 1 N–H and O–H groups in total. The van der Waals surface area contributed by atoms with Crippen molar-refractivity contribution in [2.45, 2.75) is 71.6 Å². The Morgan fingerprint density at radius 1 is 1.19 bits per heavy atom. The van der Waals surface area contributed by atoms with Crippen molar-refractivity contribution >= 4 is 17.4 Å². The summed E-state index contributed by atoms with van der Waals surface area (Å²) in [7, 11) is 1.72. The number of amides is 1. The Labute approximate surface area is 192 Å². The fourth-order valence-corrected chi connectivity index (χ4v) is 4.86. The van der Waals surface area contributed by atoms with E-state index in [0.717, 1.165) is 80.7 Å². The number of carbonyl (C=O) groups excluding carboxylic acids is 2. The Morgan fingerprint density at radius 2 is 2.00 bits per heavy atom. The Kier molecular flexibility index (Phi) is 9.10. The van der Waals surface area contributed by atoms with Gasteiger partial charge in [-0.15, -0.1) is 0 Å². The van der Waals surface area contributed by atoms with Crippen molar-refractivity contribution in [3.8, 4) is 0 Å². The number of nitrogens with one attached hydrogen (secondary N) is 1. The van der Waals surface area contributed by atoms with Gasteiger partial charge in [-0.2, -0.15) is 0 Å². The van der Waals surface area contributed by atoms with Gasteiger partial charge in [0.05, 0.1) is 19.2 Å². The number of unbranched alkanes of at least 4 members (excludes halogenated alkanes) is 1. The molecule has 3 rings (SSSR count). The Bertz CT molecular complexity index is 885. The first-order valence-corrected chi connectivity index (χ1v) is 12.1. The molecule has 0 aromatic heterocycles. The van der Waals surface area contributed by atoms with Crippen LogP contribution in [0.4, 0.5) is 5.69 Å². The highest BCUT2D eigenvalue weighted by Crippen LogP contribution is 2.37. The van der Waals surface area contributed by atoms with E-state index in [0.29, 0.717) is 25.0 Å². The molecule has 0 atom stereocenters. The first kappa shape index (κ1) is 24.2. The fourth-order valence-electron chi connectivity index (χ4n) is 4.86. The standard InChI is InChI=1S/C27H38N2O3/c1-4-9-25(32-3)21(5-2)12-14-28-13-7-6-11-24(30)18-20-16-22-10-8-15-29-26(31)19-23(17-20)27(22)29/h4,9,16-17,28H,5-8,10-15,18-19H2,1-3H3/b9-4-,25-21-. The van der Waals surface area contributed by atoms with Crippen LogP contribution in [-0.4, -0.2) is 38.4 Å². The zero-order chi connectivity index (χ0) is 22.9. The lowest BCUT2D eigenvalue weighted by Gasteiger charge is -2.26. The monoisotopic (exact) mass is 438 g/mol. The molecule has 0 bridgehead atoms. The largest absolute Gasteiger partial charge is 0.497 e. The highest BCUT2D eigenvalue weighted by Gasteiger charge is 2.32. The summed E-state index contributed by atoms with van der Waals surface area (Å²) in [6.07, 6.45) is 11.5. The number of rotatable bonds is 13. The minimum Gasteiger partial charge on any atom is -0.497 e. The molecule has 0 fully saturated rings. The molecule has 5 heteroatoms. The number of hydrogen-bond acceptors (Lipinski definition) is 4. The number of anilines is 1. The maximum Gasteiger partial charge on any atom is 0.231 e. The SMILES string of the molecule is C/C=C\C(OC)=C(/CC)CCNCCCCC(=O)Cc1cc2c3c(c1)CC(=O)N3CCC2. The number of methoxy groups -OCH3 is 1. The van der Waals surface area contributed by atoms with Crippen LogP contribution in [0.1, 0.15) is 69.1 Å². The van der Waals surface area contributed by atoms with Crippen LogP contribution in [0, 0.1) is 0 Å². The van der Waals surface area contributed by atoms with E-state index in [2.05, 4.69) is 24.4 Å². The summed E-state index contributed by atoms with van der Waals surface area (Å²) in [6, 6.07) is 4.24. The van der Waals surface area contributed by atoms with Crippen LogP contribution in [0.25, 0.3) is 0 Å². The van der Waals surface area contributed by atoms with Gasteiger partial charge >= 0.3 is 0 Å². The minimum atomic E-state index is 0.207. The maximum atomic E-state index is 12.5. The molecule has 0 spiro atoms. The second kappa shape index (κ2) is 12.0. The topological polar surface area (TPSA) is 58.6 Å². The van der Waals surface area contributed by atoms with Crippen LogP contribution in [0.3, 0.4) is 0 Å². The highest BCUT2D eigenvalue weighted by atomic mass is 16.5. The molecule has 0 unspecified atom stereocenters. The van der Waals surface area contributed by atoms with Crippen LogP contribution in [0.5, 0.6) is 0 Å². The normalized spacial score (nSPS) is 15.8. The van der Waals surface area contributed by atoms with Gasteiger partial charge in [0, 0.05) is 19.4 Å². The summed E-state index contributed by atoms with van der Waals surface area (Å²) >= 11 is 0. The van der Waals surface area contributed by atoms with Crippen molar-refractivity contribution in [2.24, 2.45) is 0 Å². The zero-order valence-electron chi connectivity index (χ0n) is 20.0. The molecule has 0 saturated heterocycles. The number of aryl methyl sites for hydroxylation is 1. The Balaban J connectivity index is 1.37. The fraction of sp³-hybridized carbons (Fsp3) is 0.556. The number of Topliss-reactive ketones (excluding diaryl/α,β-unsaturated/α-hetero) is 1. The average Bonchev–Trinajstić information content (AvgIpc) is 3.11. The van der Waals surface area contributed by atoms with Crippen LogP contribution < -0.4 is 10.2 Å². The third-order valence-electron chi connectivity index (χ3n) is 6.45. The van der Waals surface area contributed by atoms with Gasteiger partial charge in [0.15, 0.2) is 0 Å². The molecule has 2 aliphatic rings. The van der Waals surface area contributed by atoms with Gasteiger partial charge in [0.25, 0.3) is 0 Å². The van der Waals surface area contributed by atoms with Crippen molar-refractivity contribution in [3.63, 3.8) is 0 Å². The summed E-state index contributed by atoms with van der Waals surface area (Å²) in [4.78, 5) is 26.7. The first-order valence-electron chi connectivity index (χ1n) is 12.1.